The lowest BCUT2D eigenvalue weighted by Crippen LogP contribution is -2.16. The van der Waals surface area contributed by atoms with Gasteiger partial charge in [0.2, 0.25) is 0 Å². The van der Waals surface area contributed by atoms with Crippen molar-refractivity contribution in [1.29, 1.82) is 0 Å². The Morgan fingerprint density at radius 3 is 2.11 bits per heavy atom. The normalized spacial score (nSPS) is 12.9. The summed E-state index contributed by atoms with van der Waals surface area (Å²) in [5.74, 6) is -0.958. The SMILES string of the molecule is N/C(=N\O)c1ccc(OCCc2ccc(C(F)(F)F)cc2)c(C(F)(F)F)c1. The van der Waals surface area contributed by atoms with Gasteiger partial charge in [0.05, 0.1) is 17.7 Å². The molecule has 146 valence electrons. The molecule has 0 fully saturated rings. The number of hydrogen-bond acceptors (Lipinski definition) is 3. The molecule has 10 heteroatoms. The van der Waals surface area contributed by atoms with E-state index in [1.165, 1.54) is 18.2 Å². The van der Waals surface area contributed by atoms with Gasteiger partial charge in [0.25, 0.3) is 0 Å². The third-order valence-electron chi connectivity index (χ3n) is 3.62. The smallest absolute Gasteiger partial charge is 0.419 e. The summed E-state index contributed by atoms with van der Waals surface area (Å²) in [7, 11) is 0. The number of rotatable bonds is 5. The summed E-state index contributed by atoms with van der Waals surface area (Å²) in [4.78, 5) is 0. The zero-order valence-corrected chi connectivity index (χ0v) is 13.6. The number of benzene rings is 2. The third-order valence-corrected chi connectivity index (χ3v) is 3.62. The highest BCUT2D eigenvalue weighted by atomic mass is 19.4. The predicted molar refractivity (Wildman–Crippen MR) is 84.6 cm³/mol. The second kappa shape index (κ2) is 7.77. The maximum absolute atomic E-state index is 13.2. The van der Waals surface area contributed by atoms with Gasteiger partial charge in [-0.1, -0.05) is 17.3 Å². The summed E-state index contributed by atoms with van der Waals surface area (Å²) in [6.45, 7) is -0.183. The number of hydrogen-bond donors (Lipinski definition) is 2. The first-order valence-electron chi connectivity index (χ1n) is 7.50. The fourth-order valence-corrected chi connectivity index (χ4v) is 2.23. The molecule has 0 atom stereocenters. The molecule has 0 spiro atoms. The van der Waals surface area contributed by atoms with Crippen LogP contribution in [-0.2, 0) is 18.8 Å². The Morgan fingerprint density at radius 1 is 0.963 bits per heavy atom. The summed E-state index contributed by atoms with van der Waals surface area (Å²) in [6, 6.07) is 7.16. The molecule has 27 heavy (non-hydrogen) atoms. The molecular weight excluding hydrogens is 378 g/mol. The Labute approximate surface area is 149 Å². The highest BCUT2D eigenvalue weighted by molar-refractivity contribution is 5.97. The highest BCUT2D eigenvalue weighted by Crippen LogP contribution is 2.37. The number of alkyl halides is 6. The van der Waals surface area contributed by atoms with Crippen LogP contribution < -0.4 is 10.5 Å². The fraction of sp³-hybridized carbons (Fsp3) is 0.235. The summed E-state index contributed by atoms with van der Waals surface area (Å²) in [5.41, 5.74) is 3.70. The second-order valence-corrected chi connectivity index (χ2v) is 5.49. The molecule has 0 amide bonds. The fourth-order valence-electron chi connectivity index (χ4n) is 2.23. The van der Waals surface area contributed by atoms with Gasteiger partial charge < -0.3 is 15.7 Å². The lowest BCUT2D eigenvalue weighted by Gasteiger charge is -2.15. The number of halogens is 6. The van der Waals surface area contributed by atoms with E-state index in [1.807, 2.05) is 0 Å². The number of nitrogens with two attached hydrogens (primary N) is 1. The molecule has 0 radical (unpaired) electrons. The van der Waals surface area contributed by atoms with Gasteiger partial charge in [0.1, 0.15) is 5.75 Å². The van der Waals surface area contributed by atoms with Crippen molar-refractivity contribution in [3.8, 4) is 5.75 Å². The molecule has 0 unspecified atom stereocenters. The van der Waals surface area contributed by atoms with E-state index in [4.69, 9.17) is 15.7 Å². The van der Waals surface area contributed by atoms with E-state index in [1.54, 1.807) is 0 Å². The van der Waals surface area contributed by atoms with E-state index in [2.05, 4.69) is 5.16 Å². The molecular formula is C17H14F6N2O2. The van der Waals surface area contributed by atoms with Crippen LogP contribution in [0.15, 0.2) is 47.6 Å². The molecule has 0 bridgehead atoms. The zero-order chi connectivity index (χ0) is 20.2. The average molecular weight is 392 g/mol. The van der Waals surface area contributed by atoms with Gasteiger partial charge in [-0.25, -0.2) is 0 Å². The minimum absolute atomic E-state index is 0.109. The molecule has 0 heterocycles. The van der Waals surface area contributed by atoms with Gasteiger partial charge in [-0.2, -0.15) is 26.3 Å². The summed E-state index contributed by atoms with van der Waals surface area (Å²) in [6.07, 6.45) is -9.09. The molecule has 0 aliphatic rings. The number of oxime groups is 1. The maximum atomic E-state index is 13.2. The van der Waals surface area contributed by atoms with Crippen molar-refractivity contribution in [2.24, 2.45) is 10.9 Å². The van der Waals surface area contributed by atoms with Crippen molar-refractivity contribution in [3.63, 3.8) is 0 Å². The molecule has 2 rings (SSSR count). The van der Waals surface area contributed by atoms with Gasteiger partial charge in [-0.3, -0.25) is 0 Å². The van der Waals surface area contributed by atoms with Crippen LogP contribution in [0.2, 0.25) is 0 Å². The zero-order valence-electron chi connectivity index (χ0n) is 13.6. The largest absolute Gasteiger partial charge is 0.493 e. The van der Waals surface area contributed by atoms with Crippen molar-refractivity contribution in [3.05, 3.63) is 64.7 Å². The van der Waals surface area contributed by atoms with Crippen molar-refractivity contribution in [1.82, 2.24) is 0 Å². The van der Waals surface area contributed by atoms with Gasteiger partial charge in [-0.15, -0.1) is 0 Å². The Kier molecular flexibility index (Phi) is 5.87. The van der Waals surface area contributed by atoms with E-state index in [0.29, 0.717) is 11.6 Å². The minimum atomic E-state index is -4.74. The van der Waals surface area contributed by atoms with Crippen molar-refractivity contribution in [2.75, 3.05) is 6.61 Å². The van der Waals surface area contributed by atoms with Crippen LogP contribution in [0.5, 0.6) is 5.75 Å². The first-order chi connectivity index (χ1) is 12.5. The molecule has 2 aromatic carbocycles. The summed E-state index contributed by atoms with van der Waals surface area (Å²) >= 11 is 0. The highest BCUT2D eigenvalue weighted by Gasteiger charge is 2.35. The van der Waals surface area contributed by atoms with Crippen molar-refractivity contribution < 1.29 is 36.3 Å². The van der Waals surface area contributed by atoms with Crippen LogP contribution in [0.3, 0.4) is 0 Å². The Bertz CT molecular complexity index is 814. The number of nitrogens with zero attached hydrogens (tertiary/aromatic N) is 1. The molecule has 0 aromatic heterocycles. The Hall–Kier alpha value is -2.91. The molecule has 2 aromatic rings. The lowest BCUT2D eigenvalue weighted by atomic mass is 10.1. The van der Waals surface area contributed by atoms with Gasteiger partial charge in [-0.05, 0) is 35.9 Å². The molecule has 3 N–H and O–H groups in total. The first kappa shape index (κ1) is 20.4. The van der Waals surface area contributed by atoms with Crippen LogP contribution in [0, 0.1) is 0 Å². The topological polar surface area (TPSA) is 67.8 Å². The number of amidine groups is 1. The van der Waals surface area contributed by atoms with Gasteiger partial charge in [0.15, 0.2) is 5.84 Å². The molecule has 0 aliphatic heterocycles. The summed E-state index contributed by atoms with van der Waals surface area (Å²) in [5, 5.41) is 11.2. The lowest BCUT2D eigenvalue weighted by molar-refractivity contribution is -0.139. The van der Waals surface area contributed by atoms with E-state index >= 15 is 0 Å². The Balaban J connectivity index is 2.11. The molecule has 0 aliphatic carbocycles. The van der Waals surface area contributed by atoms with Crippen molar-refractivity contribution in [2.45, 2.75) is 18.8 Å². The first-order valence-corrected chi connectivity index (χ1v) is 7.50. The minimum Gasteiger partial charge on any atom is -0.493 e. The van der Waals surface area contributed by atoms with E-state index < -0.39 is 35.1 Å². The van der Waals surface area contributed by atoms with Gasteiger partial charge >= 0.3 is 12.4 Å². The van der Waals surface area contributed by atoms with Crippen LogP contribution in [0.4, 0.5) is 26.3 Å². The average Bonchev–Trinajstić information content (AvgIpc) is 2.60. The van der Waals surface area contributed by atoms with Crippen molar-refractivity contribution >= 4 is 5.84 Å². The van der Waals surface area contributed by atoms with E-state index in [-0.39, 0.29) is 18.6 Å². The van der Waals surface area contributed by atoms with Crippen LogP contribution in [-0.4, -0.2) is 17.6 Å². The predicted octanol–water partition coefficient (Wildman–Crippen LogP) is 4.44. The monoisotopic (exact) mass is 392 g/mol. The van der Waals surface area contributed by atoms with E-state index in [9.17, 15) is 26.3 Å². The standard InChI is InChI=1S/C17H14F6N2O2/c18-16(19,20)12-4-1-10(2-5-12)7-8-27-14-6-3-11(15(24)25-26)9-13(14)17(21,22)23/h1-6,9,26H,7-8H2,(H2,24,25). The number of ether oxygens (including phenoxy) is 1. The van der Waals surface area contributed by atoms with Gasteiger partial charge in [0, 0.05) is 12.0 Å². The van der Waals surface area contributed by atoms with E-state index in [0.717, 1.165) is 18.2 Å². The Morgan fingerprint density at radius 2 is 1.59 bits per heavy atom. The molecule has 0 saturated heterocycles. The summed E-state index contributed by atoms with van der Waals surface area (Å²) < 4.78 is 82.2. The van der Waals surface area contributed by atoms with Crippen LogP contribution in [0.1, 0.15) is 22.3 Å². The quantitative estimate of drug-likeness (QED) is 0.260. The van der Waals surface area contributed by atoms with Crippen LogP contribution in [0.25, 0.3) is 0 Å². The second-order valence-electron chi connectivity index (χ2n) is 5.49. The maximum Gasteiger partial charge on any atom is 0.419 e. The third kappa shape index (κ3) is 5.28. The molecule has 4 nitrogen and oxygen atoms in total. The molecule has 0 saturated carbocycles. The van der Waals surface area contributed by atoms with Crippen LogP contribution >= 0.6 is 0 Å².